The molecule has 8 heteroatoms. The van der Waals surface area contributed by atoms with Gasteiger partial charge in [-0.2, -0.15) is 0 Å². The Balaban J connectivity index is 1.48. The lowest BCUT2D eigenvalue weighted by molar-refractivity contribution is -0.129. The zero-order valence-corrected chi connectivity index (χ0v) is 15.4. The molecule has 1 fully saturated rings. The number of carbonyl (C=O) groups excluding carboxylic acids is 1. The summed E-state index contributed by atoms with van der Waals surface area (Å²) in [7, 11) is 0. The van der Waals surface area contributed by atoms with Crippen LogP contribution in [0.2, 0.25) is 0 Å². The second-order valence-electron chi connectivity index (χ2n) is 6.17. The zero-order chi connectivity index (χ0) is 18.5. The third-order valence-corrected chi connectivity index (χ3v) is 5.14. The van der Waals surface area contributed by atoms with Crippen LogP contribution in [0.15, 0.2) is 52.7 Å². The molecule has 1 amide bonds. The molecule has 7 nitrogen and oxygen atoms in total. The Morgan fingerprint density at radius 3 is 3.00 bits per heavy atom. The van der Waals surface area contributed by atoms with E-state index >= 15 is 0 Å². The van der Waals surface area contributed by atoms with Crippen molar-refractivity contribution in [2.45, 2.75) is 25.3 Å². The molecule has 0 saturated carbocycles. The molecule has 1 N–H and O–H groups in total. The van der Waals surface area contributed by atoms with E-state index in [0.717, 1.165) is 36.6 Å². The Morgan fingerprint density at radius 2 is 2.19 bits per heavy atom. The Labute approximate surface area is 160 Å². The SMILES string of the molecule is O=C(/C=C/c1ccco1)N1CCCCC1c1csc(Nc2ncccn2)n1. The van der Waals surface area contributed by atoms with Crippen LogP contribution in [0, 0.1) is 0 Å². The standard InChI is InChI=1S/C19H19N5O2S/c25-17(8-7-14-5-3-12-26-14)24-11-2-1-6-16(24)15-13-27-19(22-15)23-18-20-9-4-10-21-18/h3-5,7-10,12-13,16H,1-2,6,11H2,(H,20,21,22,23)/b8-7+. The first-order valence-corrected chi connectivity index (χ1v) is 9.69. The van der Waals surface area contributed by atoms with Crippen LogP contribution in [0.25, 0.3) is 6.08 Å². The number of nitrogens with zero attached hydrogens (tertiary/aromatic N) is 4. The minimum absolute atomic E-state index is 0.0176. The molecular weight excluding hydrogens is 362 g/mol. The van der Waals surface area contributed by atoms with Gasteiger partial charge in [-0.25, -0.2) is 15.0 Å². The van der Waals surface area contributed by atoms with Crippen molar-refractivity contribution in [2.24, 2.45) is 0 Å². The number of hydrogen-bond donors (Lipinski definition) is 1. The molecule has 0 radical (unpaired) electrons. The summed E-state index contributed by atoms with van der Waals surface area (Å²) in [6, 6.07) is 5.37. The molecular formula is C19H19N5O2S. The molecule has 1 unspecified atom stereocenters. The molecule has 1 atom stereocenters. The number of likely N-dealkylation sites (tertiary alicyclic amines) is 1. The molecule has 4 rings (SSSR count). The zero-order valence-electron chi connectivity index (χ0n) is 14.6. The maximum absolute atomic E-state index is 12.7. The minimum Gasteiger partial charge on any atom is -0.465 e. The molecule has 1 aliphatic rings. The third-order valence-electron chi connectivity index (χ3n) is 4.37. The number of hydrogen-bond acceptors (Lipinski definition) is 7. The first kappa shape index (κ1) is 17.4. The normalized spacial score (nSPS) is 17.3. The monoisotopic (exact) mass is 381 g/mol. The number of rotatable bonds is 5. The first-order chi connectivity index (χ1) is 13.3. The van der Waals surface area contributed by atoms with E-state index in [-0.39, 0.29) is 11.9 Å². The number of amides is 1. The molecule has 4 heterocycles. The van der Waals surface area contributed by atoms with Crippen molar-refractivity contribution in [3.05, 3.63) is 59.8 Å². The van der Waals surface area contributed by atoms with Gasteiger partial charge in [0.2, 0.25) is 11.9 Å². The highest BCUT2D eigenvalue weighted by Crippen LogP contribution is 2.33. The van der Waals surface area contributed by atoms with Crippen LogP contribution < -0.4 is 5.32 Å². The number of piperidine rings is 1. The van der Waals surface area contributed by atoms with E-state index in [0.29, 0.717) is 11.7 Å². The molecule has 0 bridgehead atoms. The number of anilines is 2. The van der Waals surface area contributed by atoms with E-state index < -0.39 is 0 Å². The molecule has 138 valence electrons. The fraction of sp³-hybridized carbons (Fsp3) is 0.263. The van der Waals surface area contributed by atoms with Crippen LogP contribution in [0.1, 0.15) is 36.8 Å². The summed E-state index contributed by atoms with van der Waals surface area (Å²) in [6.45, 7) is 0.730. The van der Waals surface area contributed by atoms with Crippen molar-refractivity contribution in [1.29, 1.82) is 0 Å². The van der Waals surface area contributed by atoms with Gasteiger partial charge in [-0.1, -0.05) is 0 Å². The number of thiazole rings is 1. The largest absolute Gasteiger partial charge is 0.465 e. The van der Waals surface area contributed by atoms with Gasteiger partial charge in [-0.05, 0) is 43.5 Å². The van der Waals surface area contributed by atoms with Gasteiger partial charge < -0.3 is 14.6 Å². The molecule has 0 aliphatic carbocycles. The molecule has 0 aromatic carbocycles. The van der Waals surface area contributed by atoms with Crippen LogP contribution in [-0.4, -0.2) is 32.3 Å². The molecule has 0 spiro atoms. The van der Waals surface area contributed by atoms with Gasteiger partial charge in [-0.15, -0.1) is 11.3 Å². The first-order valence-electron chi connectivity index (χ1n) is 8.81. The van der Waals surface area contributed by atoms with Crippen molar-refractivity contribution in [1.82, 2.24) is 19.9 Å². The van der Waals surface area contributed by atoms with Gasteiger partial charge in [0.1, 0.15) is 5.76 Å². The summed E-state index contributed by atoms with van der Waals surface area (Å²) in [5, 5.41) is 5.83. The quantitative estimate of drug-likeness (QED) is 0.672. The Hall–Kier alpha value is -3.00. The highest BCUT2D eigenvalue weighted by atomic mass is 32.1. The summed E-state index contributed by atoms with van der Waals surface area (Å²) >= 11 is 1.49. The fourth-order valence-corrected chi connectivity index (χ4v) is 3.84. The molecule has 3 aromatic heterocycles. The van der Waals surface area contributed by atoms with Crippen LogP contribution in [-0.2, 0) is 4.79 Å². The van der Waals surface area contributed by atoms with Gasteiger partial charge in [0.05, 0.1) is 18.0 Å². The van der Waals surface area contributed by atoms with Crippen molar-refractivity contribution in [2.75, 3.05) is 11.9 Å². The number of nitrogens with one attached hydrogen (secondary N) is 1. The van der Waals surface area contributed by atoms with E-state index in [1.54, 1.807) is 42.9 Å². The maximum atomic E-state index is 12.7. The van der Waals surface area contributed by atoms with E-state index in [2.05, 4.69) is 20.3 Å². The van der Waals surface area contributed by atoms with Crippen LogP contribution in [0.5, 0.6) is 0 Å². The lowest BCUT2D eigenvalue weighted by Gasteiger charge is -2.34. The fourth-order valence-electron chi connectivity index (χ4n) is 3.09. The van der Waals surface area contributed by atoms with Crippen molar-refractivity contribution >= 4 is 34.4 Å². The maximum Gasteiger partial charge on any atom is 0.247 e. The Bertz CT molecular complexity index is 907. The summed E-state index contributed by atoms with van der Waals surface area (Å²) in [5.41, 5.74) is 0.901. The van der Waals surface area contributed by atoms with Gasteiger partial charge in [0.15, 0.2) is 5.13 Å². The average Bonchev–Trinajstić information content (AvgIpc) is 3.39. The predicted molar refractivity (Wildman–Crippen MR) is 103 cm³/mol. The second kappa shape index (κ2) is 8.13. The van der Waals surface area contributed by atoms with Crippen molar-refractivity contribution in [3.8, 4) is 0 Å². The summed E-state index contributed by atoms with van der Waals surface area (Å²) in [5.74, 6) is 1.15. The number of furan rings is 1. The topological polar surface area (TPSA) is 84.2 Å². The van der Waals surface area contributed by atoms with E-state index in [1.165, 1.54) is 11.3 Å². The lowest BCUT2D eigenvalue weighted by Crippen LogP contribution is -2.37. The van der Waals surface area contributed by atoms with Gasteiger partial charge >= 0.3 is 0 Å². The third kappa shape index (κ3) is 4.22. The van der Waals surface area contributed by atoms with Gasteiger partial charge in [0.25, 0.3) is 0 Å². The Kier molecular flexibility index (Phi) is 5.24. The van der Waals surface area contributed by atoms with Crippen LogP contribution in [0.4, 0.5) is 11.1 Å². The summed E-state index contributed by atoms with van der Waals surface area (Å²) < 4.78 is 5.25. The lowest BCUT2D eigenvalue weighted by atomic mass is 10.00. The molecule has 27 heavy (non-hydrogen) atoms. The Morgan fingerprint density at radius 1 is 1.30 bits per heavy atom. The molecule has 1 saturated heterocycles. The van der Waals surface area contributed by atoms with Crippen molar-refractivity contribution in [3.63, 3.8) is 0 Å². The van der Waals surface area contributed by atoms with Gasteiger partial charge in [-0.3, -0.25) is 4.79 Å². The average molecular weight is 381 g/mol. The van der Waals surface area contributed by atoms with E-state index in [9.17, 15) is 4.79 Å². The predicted octanol–water partition coefficient (Wildman–Crippen LogP) is 4.04. The van der Waals surface area contributed by atoms with Crippen molar-refractivity contribution < 1.29 is 9.21 Å². The summed E-state index contributed by atoms with van der Waals surface area (Å²) in [6.07, 6.45) is 11.2. The highest BCUT2D eigenvalue weighted by molar-refractivity contribution is 7.13. The number of carbonyl (C=O) groups is 1. The summed E-state index contributed by atoms with van der Waals surface area (Å²) in [4.78, 5) is 27.6. The van der Waals surface area contributed by atoms with E-state index in [4.69, 9.17) is 4.42 Å². The van der Waals surface area contributed by atoms with Crippen LogP contribution >= 0.6 is 11.3 Å². The van der Waals surface area contributed by atoms with Gasteiger partial charge in [0, 0.05) is 30.4 Å². The minimum atomic E-state index is -0.0231. The smallest absolute Gasteiger partial charge is 0.247 e. The van der Waals surface area contributed by atoms with E-state index in [1.807, 2.05) is 16.3 Å². The highest BCUT2D eigenvalue weighted by Gasteiger charge is 2.28. The number of aromatic nitrogens is 3. The second-order valence-corrected chi connectivity index (χ2v) is 7.02. The van der Waals surface area contributed by atoms with Crippen LogP contribution in [0.3, 0.4) is 0 Å². The molecule has 3 aromatic rings. The molecule has 1 aliphatic heterocycles.